The van der Waals surface area contributed by atoms with Gasteiger partial charge in [-0.1, -0.05) is 12.1 Å². The SMILES string of the molecule is O=c1[nH]c(C2CSc3ccccc3O2)nc2c1CCCC2. The van der Waals surface area contributed by atoms with Crippen molar-refractivity contribution in [3.05, 3.63) is 51.7 Å². The third-order valence-corrected chi connectivity index (χ3v) is 5.14. The fraction of sp³-hybridized carbons (Fsp3) is 0.375. The number of ether oxygens (including phenoxy) is 1. The summed E-state index contributed by atoms with van der Waals surface area (Å²) in [6.45, 7) is 0. The van der Waals surface area contributed by atoms with Crippen LogP contribution in [-0.4, -0.2) is 15.7 Å². The van der Waals surface area contributed by atoms with Gasteiger partial charge in [-0.25, -0.2) is 4.98 Å². The lowest BCUT2D eigenvalue weighted by Gasteiger charge is -2.25. The van der Waals surface area contributed by atoms with E-state index in [0.29, 0.717) is 5.82 Å². The molecule has 4 rings (SSSR count). The van der Waals surface area contributed by atoms with Crippen LogP contribution in [-0.2, 0) is 12.8 Å². The van der Waals surface area contributed by atoms with Crippen LogP contribution in [0.1, 0.15) is 36.0 Å². The lowest BCUT2D eigenvalue weighted by Crippen LogP contribution is -2.27. The molecule has 2 aromatic rings. The number of rotatable bonds is 1. The van der Waals surface area contributed by atoms with Crippen molar-refractivity contribution >= 4 is 11.8 Å². The van der Waals surface area contributed by atoms with Crippen LogP contribution in [0.15, 0.2) is 34.0 Å². The van der Waals surface area contributed by atoms with E-state index in [2.05, 4.69) is 16.0 Å². The minimum atomic E-state index is -0.176. The van der Waals surface area contributed by atoms with Crippen LogP contribution in [0.3, 0.4) is 0 Å². The first-order valence-electron chi connectivity index (χ1n) is 7.32. The smallest absolute Gasteiger partial charge is 0.254 e. The van der Waals surface area contributed by atoms with Crippen molar-refractivity contribution in [2.75, 3.05) is 5.75 Å². The number of hydrogen-bond acceptors (Lipinski definition) is 4. The minimum absolute atomic E-state index is 0.0159. The van der Waals surface area contributed by atoms with E-state index >= 15 is 0 Å². The minimum Gasteiger partial charge on any atom is -0.480 e. The molecular formula is C16H16N2O2S. The number of fused-ring (bicyclic) bond motifs is 2. The predicted octanol–water partition coefficient (Wildman–Crippen LogP) is 2.87. The molecule has 21 heavy (non-hydrogen) atoms. The van der Waals surface area contributed by atoms with Crippen molar-refractivity contribution in [1.29, 1.82) is 0 Å². The quantitative estimate of drug-likeness (QED) is 0.880. The van der Waals surface area contributed by atoms with E-state index in [1.54, 1.807) is 11.8 Å². The number of aryl methyl sites for hydroxylation is 1. The van der Waals surface area contributed by atoms with Gasteiger partial charge in [0.1, 0.15) is 5.75 Å². The maximum Gasteiger partial charge on any atom is 0.254 e. The molecule has 4 nitrogen and oxygen atoms in total. The van der Waals surface area contributed by atoms with Gasteiger partial charge in [0.25, 0.3) is 5.56 Å². The first-order chi connectivity index (χ1) is 10.3. The summed E-state index contributed by atoms with van der Waals surface area (Å²) >= 11 is 1.75. The van der Waals surface area contributed by atoms with Crippen molar-refractivity contribution in [2.45, 2.75) is 36.7 Å². The van der Waals surface area contributed by atoms with Gasteiger partial charge >= 0.3 is 0 Å². The molecule has 108 valence electrons. The maximum absolute atomic E-state index is 12.2. The summed E-state index contributed by atoms with van der Waals surface area (Å²) < 4.78 is 6.01. The van der Waals surface area contributed by atoms with Crippen LogP contribution in [0.5, 0.6) is 5.75 Å². The zero-order valence-corrected chi connectivity index (χ0v) is 12.4. The monoisotopic (exact) mass is 300 g/mol. The summed E-state index contributed by atoms with van der Waals surface area (Å²) in [6, 6.07) is 7.99. The summed E-state index contributed by atoms with van der Waals surface area (Å²) in [7, 11) is 0. The second kappa shape index (κ2) is 5.22. The summed E-state index contributed by atoms with van der Waals surface area (Å²) in [5.74, 6) is 2.32. The number of thioether (sulfide) groups is 1. The molecule has 1 atom stereocenters. The lowest BCUT2D eigenvalue weighted by molar-refractivity contribution is 0.209. The van der Waals surface area contributed by atoms with Gasteiger partial charge in [-0.15, -0.1) is 11.8 Å². The molecule has 0 bridgehead atoms. The van der Waals surface area contributed by atoms with Gasteiger partial charge in [0.05, 0.1) is 5.69 Å². The molecule has 5 heteroatoms. The molecule has 0 fully saturated rings. The second-order valence-electron chi connectivity index (χ2n) is 5.45. The third-order valence-electron chi connectivity index (χ3n) is 4.02. The fourth-order valence-corrected chi connectivity index (χ4v) is 3.92. The number of hydrogen-bond donors (Lipinski definition) is 1. The normalized spacial score (nSPS) is 20.3. The van der Waals surface area contributed by atoms with Gasteiger partial charge in [0.2, 0.25) is 0 Å². The zero-order chi connectivity index (χ0) is 14.2. The zero-order valence-electron chi connectivity index (χ0n) is 11.6. The molecule has 2 aliphatic rings. The van der Waals surface area contributed by atoms with Gasteiger partial charge in [-0.3, -0.25) is 4.79 Å². The number of aromatic amines is 1. The largest absolute Gasteiger partial charge is 0.480 e. The molecule has 2 heterocycles. The average molecular weight is 300 g/mol. The molecule has 1 aromatic carbocycles. The van der Waals surface area contributed by atoms with Crippen LogP contribution in [0.4, 0.5) is 0 Å². The van der Waals surface area contributed by atoms with Crippen LogP contribution >= 0.6 is 11.8 Å². The molecule has 1 unspecified atom stereocenters. The topological polar surface area (TPSA) is 55.0 Å². The molecule has 0 amide bonds. The maximum atomic E-state index is 12.2. The first-order valence-corrected chi connectivity index (χ1v) is 8.30. The molecule has 1 aromatic heterocycles. The number of nitrogens with zero attached hydrogens (tertiary/aromatic N) is 1. The Bertz CT molecular complexity index is 741. The van der Waals surface area contributed by atoms with Gasteiger partial charge in [0, 0.05) is 16.2 Å². The van der Waals surface area contributed by atoms with Crippen molar-refractivity contribution in [3.8, 4) is 5.75 Å². The Morgan fingerprint density at radius 1 is 1.24 bits per heavy atom. The number of H-pyrrole nitrogens is 1. The highest BCUT2D eigenvalue weighted by atomic mass is 32.2. The molecule has 1 aliphatic heterocycles. The van der Waals surface area contributed by atoms with Gasteiger partial charge in [0.15, 0.2) is 11.9 Å². The molecule has 1 aliphatic carbocycles. The van der Waals surface area contributed by atoms with Crippen LogP contribution < -0.4 is 10.3 Å². The van der Waals surface area contributed by atoms with E-state index in [9.17, 15) is 4.79 Å². The van der Waals surface area contributed by atoms with Crippen molar-refractivity contribution in [2.24, 2.45) is 0 Å². The Morgan fingerprint density at radius 2 is 2.10 bits per heavy atom. The van der Waals surface area contributed by atoms with Crippen molar-refractivity contribution in [1.82, 2.24) is 9.97 Å². The predicted molar refractivity (Wildman–Crippen MR) is 82.0 cm³/mol. The van der Waals surface area contributed by atoms with E-state index in [1.165, 1.54) is 0 Å². The van der Waals surface area contributed by atoms with Gasteiger partial charge < -0.3 is 9.72 Å². The standard InChI is InChI=1S/C16H16N2O2S/c19-16-10-5-1-2-6-11(10)17-15(18-16)13-9-21-14-8-4-3-7-12(14)20-13/h3-4,7-8,13H,1-2,5-6,9H2,(H,17,18,19). The van der Waals surface area contributed by atoms with Crippen molar-refractivity contribution in [3.63, 3.8) is 0 Å². The van der Waals surface area contributed by atoms with Crippen LogP contribution in [0, 0.1) is 0 Å². The molecule has 0 spiro atoms. The summed E-state index contributed by atoms with van der Waals surface area (Å²) in [5.41, 5.74) is 1.85. The van der Waals surface area contributed by atoms with E-state index in [0.717, 1.165) is 53.3 Å². The Kier molecular flexibility index (Phi) is 3.22. The lowest BCUT2D eigenvalue weighted by atomic mass is 9.97. The molecule has 0 saturated heterocycles. The molecule has 1 N–H and O–H groups in total. The highest BCUT2D eigenvalue weighted by Gasteiger charge is 2.25. The number of para-hydroxylation sites is 1. The fourth-order valence-electron chi connectivity index (χ4n) is 2.93. The summed E-state index contributed by atoms with van der Waals surface area (Å²) in [6.07, 6.45) is 3.78. The van der Waals surface area contributed by atoms with Gasteiger partial charge in [-0.05, 0) is 37.8 Å². The van der Waals surface area contributed by atoms with Crippen molar-refractivity contribution < 1.29 is 4.74 Å². The first kappa shape index (κ1) is 13.0. The van der Waals surface area contributed by atoms with E-state index in [1.807, 2.05) is 18.2 Å². The van der Waals surface area contributed by atoms with E-state index < -0.39 is 0 Å². The van der Waals surface area contributed by atoms with Crippen LogP contribution in [0.2, 0.25) is 0 Å². The number of nitrogens with one attached hydrogen (secondary N) is 1. The van der Waals surface area contributed by atoms with E-state index in [4.69, 9.17) is 4.74 Å². The summed E-state index contributed by atoms with van der Waals surface area (Å²) in [5, 5.41) is 0. The highest BCUT2D eigenvalue weighted by Crippen LogP contribution is 2.39. The van der Waals surface area contributed by atoms with Crippen LogP contribution in [0.25, 0.3) is 0 Å². The molecule has 0 radical (unpaired) electrons. The Morgan fingerprint density at radius 3 is 3.05 bits per heavy atom. The Hall–Kier alpha value is -1.75. The van der Waals surface area contributed by atoms with Gasteiger partial charge in [-0.2, -0.15) is 0 Å². The number of aromatic nitrogens is 2. The number of benzene rings is 1. The molecular weight excluding hydrogens is 284 g/mol. The average Bonchev–Trinajstić information content (AvgIpc) is 2.54. The Labute approximate surface area is 127 Å². The second-order valence-corrected chi connectivity index (χ2v) is 6.51. The third kappa shape index (κ3) is 2.35. The van der Waals surface area contributed by atoms with E-state index in [-0.39, 0.29) is 11.7 Å². The molecule has 0 saturated carbocycles. The highest BCUT2D eigenvalue weighted by molar-refractivity contribution is 7.99. The Balaban J connectivity index is 1.69. The summed E-state index contributed by atoms with van der Waals surface area (Å²) in [4.78, 5) is 21.0.